The van der Waals surface area contributed by atoms with E-state index in [1.165, 1.54) is 0 Å². The maximum atomic E-state index is 12.8. The third-order valence-electron chi connectivity index (χ3n) is 5.14. The van der Waals surface area contributed by atoms with Crippen molar-refractivity contribution in [1.29, 1.82) is 5.26 Å². The number of carbonyl (C=O) groups excluding carboxylic acids is 1. The molecule has 0 aliphatic rings. The lowest BCUT2D eigenvalue weighted by atomic mass is 10.1. The highest BCUT2D eigenvalue weighted by molar-refractivity contribution is 6.02. The van der Waals surface area contributed by atoms with Crippen LogP contribution in [0, 0.1) is 11.3 Å². The van der Waals surface area contributed by atoms with Crippen molar-refractivity contribution < 1.29 is 9.53 Å². The normalized spacial score (nSPS) is 11.0. The summed E-state index contributed by atoms with van der Waals surface area (Å²) >= 11 is 0. The minimum absolute atomic E-state index is 0.00533. The number of amides is 1. The molecule has 4 aromatic rings. The Morgan fingerprint density at radius 1 is 1.06 bits per heavy atom. The number of rotatable bonds is 8. The van der Waals surface area contributed by atoms with Crippen LogP contribution in [0.2, 0.25) is 0 Å². The third kappa shape index (κ3) is 5.40. The Balaban J connectivity index is 1.70. The zero-order valence-corrected chi connectivity index (χ0v) is 18.8. The number of hydrogen-bond acceptors (Lipinski definition) is 4. The molecule has 0 unspecified atom stereocenters. The van der Waals surface area contributed by atoms with Gasteiger partial charge in [0.1, 0.15) is 23.1 Å². The molecular formula is C28H24N4O2. The molecule has 6 nitrogen and oxygen atoms in total. The summed E-state index contributed by atoms with van der Waals surface area (Å²) in [5, 5.41) is 17.3. The topological polar surface area (TPSA) is 79.9 Å². The van der Waals surface area contributed by atoms with E-state index >= 15 is 0 Å². The van der Waals surface area contributed by atoms with E-state index in [9.17, 15) is 10.1 Å². The molecule has 1 aromatic heterocycles. The fourth-order valence-corrected chi connectivity index (χ4v) is 3.51. The maximum Gasteiger partial charge on any atom is 0.262 e. The van der Waals surface area contributed by atoms with Gasteiger partial charge in [0.2, 0.25) is 0 Å². The highest BCUT2D eigenvalue weighted by atomic mass is 16.5. The van der Waals surface area contributed by atoms with Crippen LogP contribution in [0.15, 0.2) is 96.7 Å². The van der Waals surface area contributed by atoms with Gasteiger partial charge in [-0.05, 0) is 42.8 Å². The van der Waals surface area contributed by atoms with Gasteiger partial charge in [0.25, 0.3) is 5.91 Å². The Morgan fingerprint density at radius 2 is 1.79 bits per heavy atom. The van der Waals surface area contributed by atoms with E-state index in [4.69, 9.17) is 9.84 Å². The second-order valence-electron chi connectivity index (χ2n) is 7.51. The lowest BCUT2D eigenvalue weighted by Gasteiger charge is -2.06. The lowest BCUT2D eigenvalue weighted by molar-refractivity contribution is -0.117. The number of aromatic nitrogens is 2. The van der Waals surface area contributed by atoms with Crippen molar-refractivity contribution in [3.8, 4) is 28.8 Å². The molecule has 4 rings (SSSR count). The third-order valence-corrected chi connectivity index (χ3v) is 5.14. The van der Waals surface area contributed by atoms with Gasteiger partial charge in [-0.3, -0.25) is 4.79 Å². The first kappa shape index (κ1) is 22.6. The molecule has 0 saturated heterocycles. The largest absolute Gasteiger partial charge is 0.494 e. The summed E-state index contributed by atoms with van der Waals surface area (Å²) in [4.78, 5) is 12.8. The molecule has 3 aromatic carbocycles. The number of benzene rings is 3. The van der Waals surface area contributed by atoms with Gasteiger partial charge in [-0.25, -0.2) is 4.68 Å². The molecular weight excluding hydrogens is 424 g/mol. The van der Waals surface area contributed by atoms with Crippen LogP contribution >= 0.6 is 0 Å². The number of ether oxygens (including phenoxy) is 1. The number of carbonyl (C=O) groups is 1. The van der Waals surface area contributed by atoms with E-state index in [2.05, 4.69) is 5.32 Å². The molecule has 1 heterocycles. The van der Waals surface area contributed by atoms with E-state index in [1.54, 1.807) is 10.8 Å². The first-order valence-corrected chi connectivity index (χ1v) is 11.0. The number of nitrogens with zero attached hydrogens (tertiary/aromatic N) is 3. The summed E-state index contributed by atoms with van der Waals surface area (Å²) < 4.78 is 7.39. The first-order valence-electron chi connectivity index (χ1n) is 11.0. The van der Waals surface area contributed by atoms with Crippen LogP contribution in [0.4, 0.5) is 0 Å². The van der Waals surface area contributed by atoms with Crippen LogP contribution in [0.25, 0.3) is 23.0 Å². The molecule has 0 aliphatic carbocycles. The fourth-order valence-electron chi connectivity index (χ4n) is 3.51. The van der Waals surface area contributed by atoms with Crippen molar-refractivity contribution in [1.82, 2.24) is 15.1 Å². The molecule has 0 radical (unpaired) electrons. The highest BCUT2D eigenvalue weighted by Crippen LogP contribution is 2.28. The van der Waals surface area contributed by atoms with Gasteiger partial charge in [-0.2, -0.15) is 10.4 Å². The van der Waals surface area contributed by atoms with Crippen LogP contribution < -0.4 is 10.1 Å². The zero-order chi connectivity index (χ0) is 23.8. The van der Waals surface area contributed by atoms with Gasteiger partial charge in [0, 0.05) is 23.9 Å². The van der Waals surface area contributed by atoms with Gasteiger partial charge in [0.05, 0.1) is 12.3 Å². The Bertz CT molecular complexity index is 1340. The maximum absolute atomic E-state index is 12.8. The predicted octanol–water partition coefficient (Wildman–Crippen LogP) is 5.16. The minimum Gasteiger partial charge on any atom is -0.494 e. The molecule has 0 aliphatic heterocycles. The average Bonchev–Trinajstić information content (AvgIpc) is 3.31. The van der Waals surface area contributed by atoms with E-state index in [0.717, 1.165) is 22.6 Å². The van der Waals surface area contributed by atoms with Gasteiger partial charge in [-0.15, -0.1) is 0 Å². The van der Waals surface area contributed by atoms with Crippen molar-refractivity contribution in [2.45, 2.75) is 13.5 Å². The predicted molar refractivity (Wildman–Crippen MR) is 132 cm³/mol. The van der Waals surface area contributed by atoms with Crippen molar-refractivity contribution in [3.05, 3.63) is 108 Å². The van der Waals surface area contributed by atoms with E-state index in [1.807, 2.05) is 104 Å². The van der Waals surface area contributed by atoms with Gasteiger partial charge >= 0.3 is 0 Å². The summed E-state index contributed by atoms with van der Waals surface area (Å²) in [5.74, 6) is 0.290. The summed E-state index contributed by atoms with van der Waals surface area (Å²) in [6.07, 6.45) is 3.40. The van der Waals surface area contributed by atoms with E-state index < -0.39 is 5.91 Å². The van der Waals surface area contributed by atoms with Gasteiger partial charge in [-0.1, -0.05) is 60.7 Å². The van der Waals surface area contributed by atoms with Gasteiger partial charge < -0.3 is 10.1 Å². The Hall–Kier alpha value is -4.63. The summed E-state index contributed by atoms with van der Waals surface area (Å²) in [5.41, 5.74) is 3.97. The average molecular weight is 449 g/mol. The SMILES string of the molecule is CCOc1cccc(-c2nn(-c3ccccc3)cc2C=C(C#N)C(=O)NCc2ccccc2)c1. The van der Waals surface area contributed by atoms with Crippen molar-refractivity contribution >= 4 is 12.0 Å². The molecule has 0 atom stereocenters. The van der Waals surface area contributed by atoms with E-state index in [-0.39, 0.29) is 5.57 Å². The number of nitriles is 1. The molecule has 168 valence electrons. The van der Waals surface area contributed by atoms with Crippen LogP contribution in [0.1, 0.15) is 18.1 Å². The zero-order valence-electron chi connectivity index (χ0n) is 18.8. The molecule has 0 saturated carbocycles. The van der Waals surface area contributed by atoms with Gasteiger partial charge in [0.15, 0.2) is 0 Å². The lowest BCUT2D eigenvalue weighted by Crippen LogP contribution is -2.23. The van der Waals surface area contributed by atoms with Crippen LogP contribution in [-0.4, -0.2) is 22.3 Å². The Morgan fingerprint density at radius 3 is 2.50 bits per heavy atom. The molecule has 0 spiro atoms. The molecule has 34 heavy (non-hydrogen) atoms. The van der Waals surface area contributed by atoms with Crippen LogP contribution in [0.5, 0.6) is 5.75 Å². The Kier molecular flexibility index (Phi) is 7.16. The fraction of sp³-hybridized carbons (Fsp3) is 0.107. The molecule has 6 heteroatoms. The summed E-state index contributed by atoms with van der Waals surface area (Å²) in [6, 6.07) is 28.9. The monoisotopic (exact) mass is 448 g/mol. The number of para-hydroxylation sites is 1. The van der Waals surface area contributed by atoms with Crippen molar-refractivity contribution in [3.63, 3.8) is 0 Å². The first-order chi connectivity index (χ1) is 16.7. The highest BCUT2D eigenvalue weighted by Gasteiger charge is 2.15. The number of hydrogen-bond donors (Lipinski definition) is 1. The molecule has 1 amide bonds. The molecule has 0 fully saturated rings. The summed E-state index contributed by atoms with van der Waals surface area (Å²) in [6.45, 7) is 2.82. The van der Waals surface area contributed by atoms with Crippen molar-refractivity contribution in [2.75, 3.05) is 6.61 Å². The molecule has 1 N–H and O–H groups in total. The Labute approximate surface area is 198 Å². The smallest absolute Gasteiger partial charge is 0.262 e. The molecule has 0 bridgehead atoms. The quantitative estimate of drug-likeness (QED) is 0.298. The van der Waals surface area contributed by atoms with Crippen LogP contribution in [0.3, 0.4) is 0 Å². The van der Waals surface area contributed by atoms with E-state index in [0.29, 0.717) is 24.4 Å². The number of nitrogens with one attached hydrogen (secondary N) is 1. The summed E-state index contributed by atoms with van der Waals surface area (Å²) in [7, 11) is 0. The second kappa shape index (κ2) is 10.8. The van der Waals surface area contributed by atoms with Crippen LogP contribution in [-0.2, 0) is 11.3 Å². The second-order valence-corrected chi connectivity index (χ2v) is 7.51. The standard InChI is InChI=1S/C28H24N4O2/c1-2-34-26-15-9-12-22(17-26)27-24(20-32(31-27)25-13-7-4-8-14-25)16-23(18-29)28(33)30-19-21-10-5-3-6-11-21/h3-17,20H,2,19H2,1H3,(H,30,33). The minimum atomic E-state index is -0.437. The van der Waals surface area contributed by atoms with Crippen molar-refractivity contribution in [2.24, 2.45) is 0 Å².